The number of rotatable bonds is 4. The highest BCUT2D eigenvalue weighted by atomic mass is 14.5. The van der Waals surface area contributed by atoms with Crippen LogP contribution in [0.3, 0.4) is 0 Å². The minimum atomic E-state index is -0.527. The summed E-state index contributed by atoms with van der Waals surface area (Å²) in [7, 11) is 0. The second-order valence-corrected chi connectivity index (χ2v) is 6.84. The highest BCUT2D eigenvalue weighted by Gasteiger charge is 2.50. The Hall–Kier alpha value is -2.07. The molecule has 0 saturated heterocycles. The SMILES string of the molecule is CC1(C)CC1CC(C#N)(c1ccccc1)c1ccccc1. The minimum Gasteiger partial charge on any atom is -0.197 e. The molecule has 1 nitrogen and oxygen atoms in total. The lowest BCUT2D eigenvalue weighted by atomic mass is 9.71. The average Bonchev–Trinajstić information content (AvgIpc) is 3.13. The molecule has 0 bridgehead atoms. The third-order valence-corrected chi connectivity index (χ3v) is 4.99. The summed E-state index contributed by atoms with van der Waals surface area (Å²) in [5.41, 5.74) is 2.08. The van der Waals surface area contributed by atoms with Crippen molar-refractivity contribution in [1.82, 2.24) is 0 Å². The Morgan fingerprint density at radius 2 is 1.43 bits per heavy atom. The van der Waals surface area contributed by atoms with Crippen LogP contribution in [0.25, 0.3) is 0 Å². The molecule has 3 rings (SSSR count). The summed E-state index contributed by atoms with van der Waals surface area (Å²) in [5.74, 6) is 0.623. The number of nitrogens with zero attached hydrogens (tertiary/aromatic N) is 1. The molecule has 0 radical (unpaired) electrons. The van der Waals surface area contributed by atoms with Crippen molar-refractivity contribution in [3.05, 3.63) is 71.8 Å². The highest BCUT2D eigenvalue weighted by Crippen LogP contribution is 2.57. The van der Waals surface area contributed by atoms with E-state index >= 15 is 0 Å². The molecule has 1 unspecified atom stereocenters. The fourth-order valence-corrected chi connectivity index (χ4v) is 3.32. The first kappa shape index (κ1) is 13.9. The Morgan fingerprint density at radius 3 is 1.76 bits per heavy atom. The average molecular weight is 275 g/mol. The van der Waals surface area contributed by atoms with Crippen LogP contribution in [0.15, 0.2) is 60.7 Å². The van der Waals surface area contributed by atoms with Crippen LogP contribution in [-0.2, 0) is 5.41 Å². The van der Waals surface area contributed by atoms with Crippen LogP contribution in [0.4, 0.5) is 0 Å². The van der Waals surface area contributed by atoms with Gasteiger partial charge in [0.25, 0.3) is 0 Å². The van der Waals surface area contributed by atoms with Crippen molar-refractivity contribution in [3.63, 3.8) is 0 Å². The van der Waals surface area contributed by atoms with Gasteiger partial charge in [0.1, 0.15) is 5.41 Å². The Labute approximate surface area is 127 Å². The fourth-order valence-electron chi connectivity index (χ4n) is 3.32. The van der Waals surface area contributed by atoms with Gasteiger partial charge in [-0.25, -0.2) is 0 Å². The van der Waals surface area contributed by atoms with Crippen LogP contribution >= 0.6 is 0 Å². The molecule has 2 aromatic rings. The summed E-state index contributed by atoms with van der Waals surface area (Å²) < 4.78 is 0. The highest BCUT2D eigenvalue weighted by molar-refractivity contribution is 5.46. The maximum atomic E-state index is 10.1. The predicted octanol–water partition coefficient (Wildman–Crippen LogP) is 4.93. The second-order valence-electron chi connectivity index (χ2n) is 6.84. The van der Waals surface area contributed by atoms with E-state index < -0.39 is 5.41 Å². The molecule has 1 fully saturated rings. The van der Waals surface area contributed by atoms with Crippen LogP contribution in [0, 0.1) is 22.7 Å². The number of hydrogen-bond acceptors (Lipinski definition) is 1. The van der Waals surface area contributed by atoms with Crippen molar-refractivity contribution in [1.29, 1.82) is 5.26 Å². The zero-order valence-electron chi connectivity index (χ0n) is 12.7. The van der Waals surface area contributed by atoms with E-state index in [1.165, 1.54) is 6.42 Å². The normalized spacial score (nSPS) is 19.8. The third-order valence-electron chi connectivity index (χ3n) is 4.99. The van der Waals surface area contributed by atoms with Gasteiger partial charge in [0.05, 0.1) is 6.07 Å². The molecule has 1 atom stereocenters. The van der Waals surface area contributed by atoms with Crippen molar-refractivity contribution >= 4 is 0 Å². The van der Waals surface area contributed by atoms with E-state index in [-0.39, 0.29) is 0 Å². The lowest BCUT2D eigenvalue weighted by Crippen LogP contribution is -2.27. The first-order valence-corrected chi connectivity index (χ1v) is 7.61. The number of nitriles is 1. The summed E-state index contributed by atoms with van der Waals surface area (Å²) >= 11 is 0. The van der Waals surface area contributed by atoms with Gasteiger partial charge in [-0.2, -0.15) is 5.26 Å². The van der Waals surface area contributed by atoms with Gasteiger partial charge in [0, 0.05) is 0 Å². The molecule has 2 aromatic carbocycles. The van der Waals surface area contributed by atoms with Crippen LogP contribution in [0.2, 0.25) is 0 Å². The van der Waals surface area contributed by atoms with Crippen molar-refractivity contribution in [2.75, 3.05) is 0 Å². The Bertz CT molecular complexity index is 610. The molecule has 0 amide bonds. The van der Waals surface area contributed by atoms with Crippen molar-refractivity contribution in [2.45, 2.75) is 32.1 Å². The lowest BCUT2D eigenvalue weighted by Gasteiger charge is -2.28. The van der Waals surface area contributed by atoms with Crippen LogP contribution in [0.1, 0.15) is 37.8 Å². The smallest absolute Gasteiger partial charge is 0.107 e. The maximum absolute atomic E-state index is 10.1. The Kier molecular flexibility index (Phi) is 3.33. The quantitative estimate of drug-likeness (QED) is 0.776. The van der Waals surface area contributed by atoms with Crippen molar-refractivity contribution < 1.29 is 0 Å². The molecule has 1 heteroatoms. The number of hydrogen-bond donors (Lipinski definition) is 0. The molecule has 0 aromatic heterocycles. The monoisotopic (exact) mass is 275 g/mol. The molecule has 1 saturated carbocycles. The molecule has 1 aliphatic rings. The van der Waals surface area contributed by atoms with E-state index in [2.05, 4.69) is 44.2 Å². The van der Waals surface area contributed by atoms with Gasteiger partial charge in [-0.1, -0.05) is 74.5 Å². The van der Waals surface area contributed by atoms with E-state index in [4.69, 9.17) is 0 Å². The molecular formula is C20H21N. The molecule has 21 heavy (non-hydrogen) atoms. The van der Waals surface area contributed by atoms with E-state index in [0.717, 1.165) is 17.5 Å². The summed E-state index contributed by atoms with van der Waals surface area (Å²) in [6.45, 7) is 4.60. The number of benzene rings is 2. The molecule has 0 heterocycles. The summed E-state index contributed by atoms with van der Waals surface area (Å²) in [6.07, 6.45) is 2.13. The van der Waals surface area contributed by atoms with Gasteiger partial charge in [-0.05, 0) is 35.3 Å². The van der Waals surface area contributed by atoms with Gasteiger partial charge < -0.3 is 0 Å². The predicted molar refractivity (Wildman–Crippen MR) is 85.8 cm³/mol. The summed E-state index contributed by atoms with van der Waals surface area (Å²) in [6, 6.07) is 23.2. The first-order chi connectivity index (χ1) is 10.1. The van der Waals surface area contributed by atoms with Gasteiger partial charge in [-0.3, -0.25) is 0 Å². The molecule has 0 spiro atoms. The van der Waals surface area contributed by atoms with E-state index in [9.17, 15) is 5.26 Å². The van der Waals surface area contributed by atoms with E-state index in [1.807, 2.05) is 36.4 Å². The summed E-state index contributed by atoms with van der Waals surface area (Å²) in [4.78, 5) is 0. The molecule has 1 aliphatic carbocycles. The van der Waals surface area contributed by atoms with Gasteiger partial charge in [0.15, 0.2) is 0 Å². The lowest BCUT2D eigenvalue weighted by molar-refractivity contribution is 0.465. The first-order valence-electron chi connectivity index (χ1n) is 7.61. The van der Waals surface area contributed by atoms with Gasteiger partial charge in [0.2, 0.25) is 0 Å². The van der Waals surface area contributed by atoms with E-state index in [1.54, 1.807) is 0 Å². The van der Waals surface area contributed by atoms with Crippen molar-refractivity contribution in [2.24, 2.45) is 11.3 Å². The largest absolute Gasteiger partial charge is 0.197 e. The van der Waals surface area contributed by atoms with Crippen LogP contribution < -0.4 is 0 Å². The molecular weight excluding hydrogens is 254 g/mol. The summed E-state index contributed by atoms with van der Waals surface area (Å²) in [5, 5.41) is 10.1. The van der Waals surface area contributed by atoms with Gasteiger partial charge >= 0.3 is 0 Å². The Morgan fingerprint density at radius 1 is 1.00 bits per heavy atom. The van der Waals surface area contributed by atoms with Crippen molar-refractivity contribution in [3.8, 4) is 6.07 Å². The van der Waals surface area contributed by atoms with Gasteiger partial charge in [-0.15, -0.1) is 0 Å². The molecule has 0 N–H and O–H groups in total. The topological polar surface area (TPSA) is 23.8 Å². The molecule has 0 aliphatic heterocycles. The maximum Gasteiger partial charge on any atom is 0.107 e. The molecule has 106 valence electrons. The van der Waals surface area contributed by atoms with Crippen LogP contribution in [-0.4, -0.2) is 0 Å². The van der Waals surface area contributed by atoms with E-state index in [0.29, 0.717) is 11.3 Å². The third kappa shape index (κ3) is 2.47. The second kappa shape index (κ2) is 5.04. The van der Waals surface area contributed by atoms with Crippen LogP contribution in [0.5, 0.6) is 0 Å². The minimum absolute atomic E-state index is 0.381. The zero-order chi connectivity index (χ0) is 14.9. The fraction of sp³-hybridized carbons (Fsp3) is 0.350. The standard InChI is InChI=1S/C20H21N/c1-19(2)13-18(19)14-20(15-21,16-9-5-3-6-10-16)17-11-7-4-8-12-17/h3-12,18H,13-14H2,1-2H3. The zero-order valence-corrected chi connectivity index (χ0v) is 12.7. The Balaban J connectivity index is 2.08.